The summed E-state index contributed by atoms with van der Waals surface area (Å²) in [7, 11) is 0. The monoisotopic (exact) mass is 362 g/mol. The van der Waals surface area contributed by atoms with E-state index in [1.165, 1.54) is 5.56 Å². The molecule has 1 amide bonds. The van der Waals surface area contributed by atoms with E-state index in [1.807, 2.05) is 11.0 Å². The molecular weight excluding hydrogens is 336 g/mol. The number of carbonyl (C=O) groups excluding carboxylic acids is 1. The van der Waals surface area contributed by atoms with E-state index in [1.54, 1.807) is 6.20 Å². The maximum absolute atomic E-state index is 12.6. The van der Waals surface area contributed by atoms with Gasteiger partial charge < -0.3 is 15.6 Å². The van der Waals surface area contributed by atoms with Crippen molar-refractivity contribution < 1.29 is 4.79 Å². The number of anilines is 1. The minimum Gasteiger partial charge on any atom is -0.384 e. The van der Waals surface area contributed by atoms with Crippen LogP contribution in [0.25, 0.3) is 10.9 Å². The lowest BCUT2D eigenvalue weighted by molar-refractivity contribution is -0.132. The largest absolute Gasteiger partial charge is 0.384 e. The van der Waals surface area contributed by atoms with Crippen molar-refractivity contribution in [3.8, 4) is 0 Å². The van der Waals surface area contributed by atoms with E-state index < -0.39 is 0 Å². The summed E-state index contributed by atoms with van der Waals surface area (Å²) < 4.78 is 0. The number of hydrogen-bond acceptors (Lipinski definition) is 3. The summed E-state index contributed by atoms with van der Waals surface area (Å²) in [5.74, 6) is 1.44. The number of pyridine rings is 1. The third-order valence-corrected chi connectivity index (χ3v) is 5.52. The molecule has 140 valence electrons. The van der Waals surface area contributed by atoms with E-state index in [9.17, 15) is 4.79 Å². The van der Waals surface area contributed by atoms with Gasteiger partial charge in [-0.05, 0) is 43.2 Å². The van der Waals surface area contributed by atoms with Gasteiger partial charge in [-0.2, -0.15) is 0 Å². The van der Waals surface area contributed by atoms with Crippen LogP contribution >= 0.6 is 0 Å². The molecule has 0 bridgehead atoms. The first-order valence-electron chi connectivity index (χ1n) is 9.72. The molecule has 3 heterocycles. The predicted octanol–water partition coefficient (Wildman–Crippen LogP) is 3.56. The Morgan fingerprint density at radius 1 is 1.19 bits per heavy atom. The molecule has 1 aliphatic heterocycles. The molecular formula is C22H26N4O. The lowest BCUT2D eigenvalue weighted by atomic mass is 9.90. The minimum atomic E-state index is 0.254. The number of aryl methyl sites for hydroxylation is 1. The summed E-state index contributed by atoms with van der Waals surface area (Å²) in [5, 5.41) is 1.04. The topological polar surface area (TPSA) is 75.0 Å². The van der Waals surface area contributed by atoms with Gasteiger partial charge in [0, 0.05) is 42.9 Å². The number of amides is 1. The molecule has 3 aromatic rings. The Morgan fingerprint density at radius 3 is 2.74 bits per heavy atom. The van der Waals surface area contributed by atoms with Crippen LogP contribution < -0.4 is 5.73 Å². The number of benzene rings is 1. The third-order valence-electron chi connectivity index (χ3n) is 5.52. The van der Waals surface area contributed by atoms with Gasteiger partial charge in [-0.15, -0.1) is 0 Å². The molecule has 0 spiro atoms. The normalized spacial score (nSPS) is 15.3. The highest BCUT2D eigenvalue weighted by atomic mass is 16.2. The van der Waals surface area contributed by atoms with Crippen LogP contribution in [0, 0.1) is 5.92 Å². The highest BCUT2D eigenvalue weighted by Crippen LogP contribution is 2.23. The van der Waals surface area contributed by atoms with E-state index in [2.05, 4.69) is 46.4 Å². The molecule has 0 saturated carbocycles. The van der Waals surface area contributed by atoms with Gasteiger partial charge in [0.2, 0.25) is 5.91 Å². The molecule has 0 aliphatic carbocycles. The first kappa shape index (κ1) is 17.6. The molecule has 2 aromatic heterocycles. The fourth-order valence-corrected chi connectivity index (χ4v) is 3.97. The number of carbonyl (C=O) groups is 1. The summed E-state index contributed by atoms with van der Waals surface area (Å²) in [6, 6.07) is 14.5. The summed E-state index contributed by atoms with van der Waals surface area (Å²) in [5.41, 5.74) is 9.16. The maximum Gasteiger partial charge on any atom is 0.222 e. The number of fused-ring (bicyclic) bond motifs is 1. The highest BCUT2D eigenvalue weighted by Gasteiger charge is 2.22. The summed E-state index contributed by atoms with van der Waals surface area (Å²) in [6.07, 6.45) is 6.34. The predicted molar refractivity (Wildman–Crippen MR) is 108 cm³/mol. The Labute approximate surface area is 159 Å². The Kier molecular flexibility index (Phi) is 5.10. The van der Waals surface area contributed by atoms with Crippen LogP contribution in [0.5, 0.6) is 0 Å². The van der Waals surface area contributed by atoms with E-state index in [-0.39, 0.29) is 5.91 Å². The van der Waals surface area contributed by atoms with E-state index in [0.717, 1.165) is 55.4 Å². The van der Waals surface area contributed by atoms with Crippen molar-refractivity contribution in [3.05, 3.63) is 59.9 Å². The van der Waals surface area contributed by atoms with Crippen molar-refractivity contribution in [2.75, 3.05) is 18.8 Å². The lowest BCUT2D eigenvalue weighted by Gasteiger charge is -2.32. The van der Waals surface area contributed by atoms with Crippen LogP contribution in [-0.2, 0) is 17.6 Å². The number of nitrogens with zero attached hydrogens (tertiary/aromatic N) is 2. The molecule has 0 radical (unpaired) electrons. The van der Waals surface area contributed by atoms with Crippen LogP contribution in [-0.4, -0.2) is 33.9 Å². The van der Waals surface area contributed by atoms with Gasteiger partial charge >= 0.3 is 0 Å². The molecule has 1 aromatic carbocycles. The minimum absolute atomic E-state index is 0.254. The number of nitrogens with one attached hydrogen (secondary N) is 1. The van der Waals surface area contributed by atoms with Gasteiger partial charge in [-0.25, -0.2) is 4.98 Å². The number of aromatic amines is 1. The Balaban J connectivity index is 1.26. The van der Waals surface area contributed by atoms with Gasteiger partial charge in [0.1, 0.15) is 5.82 Å². The van der Waals surface area contributed by atoms with Crippen molar-refractivity contribution in [3.63, 3.8) is 0 Å². The summed E-state index contributed by atoms with van der Waals surface area (Å²) in [6.45, 7) is 1.76. The van der Waals surface area contributed by atoms with E-state index in [4.69, 9.17) is 5.73 Å². The van der Waals surface area contributed by atoms with Crippen molar-refractivity contribution in [2.24, 2.45) is 5.92 Å². The standard InChI is InChI=1S/C22H26N4O/c23-21-14-20-18(15-24-21)13-19(25-20)6-7-22(27)26-10-8-17(9-11-26)12-16-4-2-1-3-5-16/h1-5,13-15,17,25H,6-12H2,(H2,23,24). The van der Waals surface area contributed by atoms with Gasteiger partial charge in [0.15, 0.2) is 0 Å². The number of H-pyrrole nitrogens is 1. The number of hydrogen-bond donors (Lipinski definition) is 2. The molecule has 27 heavy (non-hydrogen) atoms. The molecule has 0 atom stereocenters. The second-order valence-electron chi connectivity index (χ2n) is 7.50. The van der Waals surface area contributed by atoms with Crippen molar-refractivity contribution in [2.45, 2.75) is 32.1 Å². The first-order chi connectivity index (χ1) is 13.2. The molecule has 1 fully saturated rings. The van der Waals surface area contributed by atoms with Gasteiger partial charge in [0.05, 0.1) is 5.52 Å². The second-order valence-corrected chi connectivity index (χ2v) is 7.50. The quantitative estimate of drug-likeness (QED) is 0.729. The molecule has 3 N–H and O–H groups in total. The summed E-state index contributed by atoms with van der Waals surface area (Å²) >= 11 is 0. The number of nitrogen functional groups attached to an aromatic ring is 1. The van der Waals surface area contributed by atoms with Crippen LogP contribution in [0.2, 0.25) is 0 Å². The van der Waals surface area contributed by atoms with Crippen molar-refractivity contribution in [1.82, 2.24) is 14.9 Å². The van der Waals surface area contributed by atoms with Crippen LogP contribution in [0.1, 0.15) is 30.5 Å². The average molecular weight is 362 g/mol. The first-order valence-corrected chi connectivity index (χ1v) is 9.72. The van der Waals surface area contributed by atoms with Crippen LogP contribution in [0.3, 0.4) is 0 Å². The molecule has 5 heteroatoms. The van der Waals surface area contributed by atoms with Gasteiger partial charge in [0.25, 0.3) is 0 Å². The number of piperidine rings is 1. The fourth-order valence-electron chi connectivity index (χ4n) is 3.97. The summed E-state index contributed by atoms with van der Waals surface area (Å²) in [4.78, 5) is 22.1. The zero-order valence-corrected chi connectivity index (χ0v) is 15.5. The van der Waals surface area contributed by atoms with E-state index in [0.29, 0.717) is 18.2 Å². The molecule has 4 rings (SSSR count). The van der Waals surface area contributed by atoms with E-state index >= 15 is 0 Å². The van der Waals surface area contributed by atoms with Crippen LogP contribution in [0.4, 0.5) is 5.82 Å². The van der Waals surface area contributed by atoms with Gasteiger partial charge in [-0.1, -0.05) is 30.3 Å². The van der Waals surface area contributed by atoms with Crippen LogP contribution in [0.15, 0.2) is 48.7 Å². The smallest absolute Gasteiger partial charge is 0.222 e. The van der Waals surface area contributed by atoms with Gasteiger partial charge in [-0.3, -0.25) is 4.79 Å². The van der Waals surface area contributed by atoms with Crippen molar-refractivity contribution >= 4 is 22.6 Å². The highest BCUT2D eigenvalue weighted by molar-refractivity contribution is 5.82. The maximum atomic E-state index is 12.6. The number of rotatable bonds is 5. The molecule has 0 unspecified atom stereocenters. The fraction of sp³-hybridized carbons (Fsp3) is 0.364. The number of likely N-dealkylation sites (tertiary alicyclic amines) is 1. The molecule has 1 saturated heterocycles. The molecule has 1 aliphatic rings. The molecule has 5 nitrogen and oxygen atoms in total. The third kappa shape index (κ3) is 4.30. The number of aromatic nitrogens is 2. The number of nitrogens with two attached hydrogens (primary N) is 1. The average Bonchev–Trinajstić information content (AvgIpc) is 3.09. The zero-order valence-electron chi connectivity index (χ0n) is 15.5. The zero-order chi connectivity index (χ0) is 18.6. The van der Waals surface area contributed by atoms with Crippen molar-refractivity contribution in [1.29, 1.82) is 0 Å². The lowest BCUT2D eigenvalue weighted by Crippen LogP contribution is -2.39. The second kappa shape index (κ2) is 7.82. The Hall–Kier alpha value is -2.82. The SMILES string of the molecule is Nc1cc2[nH]c(CCC(=O)N3CCC(Cc4ccccc4)CC3)cc2cn1. The Bertz CT molecular complexity index is 910. The Morgan fingerprint density at radius 2 is 1.96 bits per heavy atom.